The average molecular weight is 523 g/mol. The number of nitrogens with one attached hydrogen (secondary N) is 3. The number of rotatable bonds is 10. The highest BCUT2D eigenvalue weighted by atomic mass is 35.5. The second-order valence-electron chi connectivity index (χ2n) is 10.0. The van der Waals surface area contributed by atoms with Crippen LogP contribution in [0, 0.1) is 5.41 Å². The van der Waals surface area contributed by atoms with Crippen molar-refractivity contribution in [3.05, 3.63) is 34.7 Å². The molecule has 192 valence electrons. The third-order valence-electron chi connectivity index (χ3n) is 7.22. The predicted octanol–water partition coefficient (Wildman–Crippen LogP) is 5.64. The third-order valence-corrected chi connectivity index (χ3v) is 7.82. The zero-order chi connectivity index (χ0) is 24.7. The molecular formula is C26H37Cl2N5O2. The summed E-state index contributed by atoms with van der Waals surface area (Å²) in [4.78, 5) is 8.96. The van der Waals surface area contributed by atoms with Crippen molar-refractivity contribution in [2.75, 3.05) is 50.7 Å². The molecule has 0 bridgehead atoms. The van der Waals surface area contributed by atoms with Crippen molar-refractivity contribution >= 4 is 34.7 Å². The molecule has 0 unspecified atom stereocenters. The lowest BCUT2D eigenvalue weighted by Crippen LogP contribution is -2.38. The number of ether oxygens (including phenoxy) is 2. The lowest BCUT2D eigenvalue weighted by molar-refractivity contribution is 0.0300. The van der Waals surface area contributed by atoms with Gasteiger partial charge in [-0.1, -0.05) is 30.1 Å². The second kappa shape index (κ2) is 12.5. The van der Waals surface area contributed by atoms with Crippen molar-refractivity contribution in [1.82, 2.24) is 15.3 Å². The van der Waals surface area contributed by atoms with Gasteiger partial charge in [0.2, 0.25) is 0 Å². The zero-order valence-electron chi connectivity index (χ0n) is 20.7. The smallest absolute Gasteiger partial charge is 0.137 e. The van der Waals surface area contributed by atoms with E-state index >= 15 is 0 Å². The third kappa shape index (κ3) is 7.43. The van der Waals surface area contributed by atoms with Crippen molar-refractivity contribution in [3.8, 4) is 11.1 Å². The fourth-order valence-electron chi connectivity index (χ4n) is 4.83. The Balaban J connectivity index is 1.40. The molecule has 0 radical (unpaired) electrons. The van der Waals surface area contributed by atoms with E-state index in [1.54, 1.807) is 19.5 Å². The van der Waals surface area contributed by atoms with Crippen molar-refractivity contribution in [1.29, 1.82) is 0 Å². The summed E-state index contributed by atoms with van der Waals surface area (Å²) in [7, 11) is 1.74. The minimum Gasteiger partial charge on any atom is -0.383 e. The Labute approximate surface area is 218 Å². The van der Waals surface area contributed by atoms with Crippen LogP contribution in [0.2, 0.25) is 10.2 Å². The predicted molar refractivity (Wildman–Crippen MR) is 144 cm³/mol. The van der Waals surface area contributed by atoms with Gasteiger partial charge in [-0.25, -0.2) is 9.97 Å². The molecule has 3 heterocycles. The Morgan fingerprint density at radius 3 is 2.51 bits per heavy atom. The van der Waals surface area contributed by atoms with E-state index in [2.05, 4.69) is 32.8 Å². The van der Waals surface area contributed by atoms with Crippen molar-refractivity contribution in [3.63, 3.8) is 0 Å². The number of nitrogens with zero attached hydrogens (tertiary/aromatic N) is 2. The number of aromatic nitrogens is 2. The van der Waals surface area contributed by atoms with Crippen LogP contribution >= 0.6 is 23.2 Å². The van der Waals surface area contributed by atoms with Gasteiger partial charge in [0.1, 0.15) is 11.0 Å². The molecule has 2 fully saturated rings. The zero-order valence-corrected chi connectivity index (χ0v) is 22.2. The van der Waals surface area contributed by atoms with Crippen molar-refractivity contribution in [2.45, 2.75) is 57.5 Å². The van der Waals surface area contributed by atoms with Crippen LogP contribution in [0.5, 0.6) is 0 Å². The molecule has 2 aromatic heterocycles. The van der Waals surface area contributed by atoms with Gasteiger partial charge in [-0.15, -0.1) is 0 Å². The molecule has 0 amide bonds. The molecule has 1 saturated carbocycles. The maximum atomic E-state index is 6.57. The van der Waals surface area contributed by atoms with Crippen LogP contribution in [0.3, 0.4) is 0 Å². The standard InChI is InChI=1S/C26H37Cl2N5O2/c1-26(7-10-35-11-8-26)17-32-20-13-22(25(28)31-15-20)21-14-24(30-16-23(21)27)33-19-5-3-18(4-6-19)29-9-12-34-2/h13-16,18-19,29,32H,3-12,17H2,1-2H3,(H,30,33)/t18-,19-. The SMILES string of the molecule is COCCN[C@H]1CC[C@H](Nc2cc(-c3cc(NCC4(C)CCOCC4)cnc3Cl)c(Cl)cn2)CC1. The minimum absolute atomic E-state index is 0.210. The first-order valence-electron chi connectivity index (χ1n) is 12.6. The average Bonchev–Trinajstić information content (AvgIpc) is 2.86. The summed E-state index contributed by atoms with van der Waals surface area (Å²) >= 11 is 13.1. The summed E-state index contributed by atoms with van der Waals surface area (Å²) in [5.74, 6) is 0.810. The number of pyridine rings is 2. The molecule has 2 aliphatic rings. The van der Waals surface area contributed by atoms with Crippen molar-refractivity contribution in [2.24, 2.45) is 5.41 Å². The molecule has 0 aromatic carbocycles. The van der Waals surface area contributed by atoms with E-state index in [1.807, 2.05) is 12.1 Å². The van der Waals surface area contributed by atoms with Crippen LogP contribution in [-0.2, 0) is 9.47 Å². The van der Waals surface area contributed by atoms with Crippen LogP contribution in [0.1, 0.15) is 45.4 Å². The quantitative estimate of drug-likeness (QED) is 0.275. The van der Waals surface area contributed by atoms with E-state index in [4.69, 9.17) is 32.7 Å². The summed E-state index contributed by atoms with van der Waals surface area (Å²) in [6.07, 6.45) is 10.0. The monoisotopic (exact) mass is 521 g/mol. The van der Waals surface area contributed by atoms with Crippen LogP contribution in [0.15, 0.2) is 24.5 Å². The highest BCUT2D eigenvalue weighted by Crippen LogP contribution is 2.36. The molecule has 4 rings (SSSR count). The van der Waals surface area contributed by atoms with Crippen LogP contribution in [0.4, 0.5) is 11.5 Å². The summed E-state index contributed by atoms with van der Waals surface area (Å²) in [5.41, 5.74) is 2.77. The molecule has 0 atom stereocenters. The van der Waals surface area contributed by atoms with Gasteiger partial charge in [-0.05, 0) is 56.1 Å². The van der Waals surface area contributed by atoms with E-state index in [-0.39, 0.29) is 5.41 Å². The van der Waals surface area contributed by atoms with Gasteiger partial charge in [0.05, 0.1) is 23.5 Å². The Bertz CT molecular complexity index is 963. The highest BCUT2D eigenvalue weighted by Gasteiger charge is 2.27. The fourth-order valence-corrected chi connectivity index (χ4v) is 5.24. The van der Waals surface area contributed by atoms with Crippen LogP contribution in [-0.4, -0.2) is 62.1 Å². The maximum Gasteiger partial charge on any atom is 0.137 e. The van der Waals surface area contributed by atoms with Gasteiger partial charge in [-0.2, -0.15) is 0 Å². The first-order chi connectivity index (χ1) is 17.0. The number of hydrogen-bond acceptors (Lipinski definition) is 7. The molecule has 1 saturated heterocycles. The Kier molecular flexibility index (Phi) is 9.47. The van der Waals surface area contributed by atoms with E-state index < -0.39 is 0 Å². The normalized spacial score (nSPS) is 22.1. The van der Waals surface area contributed by atoms with Crippen molar-refractivity contribution < 1.29 is 9.47 Å². The fraction of sp³-hybridized carbons (Fsp3) is 0.615. The lowest BCUT2D eigenvalue weighted by Gasteiger charge is -2.33. The first-order valence-corrected chi connectivity index (χ1v) is 13.3. The van der Waals surface area contributed by atoms with Gasteiger partial charge >= 0.3 is 0 Å². The van der Waals surface area contributed by atoms with E-state index in [1.165, 1.54) is 0 Å². The molecule has 1 aliphatic heterocycles. The number of methoxy groups -OCH3 is 1. The first kappa shape index (κ1) is 26.4. The molecule has 3 N–H and O–H groups in total. The number of anilines is 2. The number of halogens is 2. The molecule has 1 aliphatic carbocycles. The number of hydrogen-bond donors (Lipinski definition) is 3. The van der Waals surface area contributed by atoms with Gasteiger partial charge in [0.25, 0.3) is 0 Å². The molecule has 7 nitrogen and oxygen atoms in total. The summed E-state index contributed by atoms with van der Waals surface area (Å²) in [5, 5.41) is 11.7. The summed E-state index contributed by atoms with van der Waals surface area (Å²) in [6.45, 7) is 6.44. The Morgan fingerprint density at radius 2 is 1.77 bits per heavy atom. The van der Waals surface area contributed by atoms with E-state index in [0.29, 0.717) is 22.3 Å². The molecule has 35 heavy (non-hydrogen) atoms. The van der Waals surface area contributed by atoms with E-state index in [9.17, 15) is 0 Å². The molecule has 9 heteroatoms. The van der Waals surface area contributed by atoms with Gasteiger partial charge < -0.3 is 25.4 Å². The van der Waals surface area contributed by atoms with Crippen LogP contribution < -0.4 is 16.0 Å². The summed E-state index contributed by atoms with van der Waals surface area (Å²) < 4.78 is 10.7. The van der Waals surface area contributed by atoms with Gasteiger partial charge in [0, 0.05) is 62.8 Å². The summed E-state index contributed by atoms with van der Waals surface area (Å²) in [6, 6.07) is 4.96. The lowest BCUT2D eigenvalue weighted by atomic mass is 9.82. The Morgan fingerprint density at radius 1 is 1.03 bits per heavy atom. The largest absolute Gasteiger partial charge is 0.383 e. The van der Waals surface area contributed by atoms with E-state index in [0.717, 1.165) is 94.1 Å². The van der Waals surface area contributed by atoms with Gasteiger partial charge in [-0.3, -0.25) is 0 Å². The van der Waals surface area contributed by atoms with Crippen LogP contribution in [0.25, 0.3) is 11.1 Å². The highest BCUT2D eigenvalue weighted by molar-refractivity contribution is 6.36. The molecular weight excluding hydrogens is 485 g/mol. The minimum atomic E-state index is 0.210. The topological polar surface area (TPSA) is 80.3 Å². The molecule has 0 spiro atoms. The Hall–Kier alpha value is -1.64. The molecule has 2 aromatic rings. The van der Waals surface area contributed by atoms with Gasteiger partial charge in [0.15, 0.2) is 0 Å². The second-order valence-corrected chi connectivity index (χ2v) is 10.8. The maximum absolute atomic E-state index is 6.57.